The van der Waals surface area contributed by atoms with Crippen molar-refractivity contribution < 1.29 is 9.53 Å². The van der Waals surface area contributed by atoms with Crippen LogP contribution in [0.1, 0.15) is 24.8 Å². The van der Waals surface area contributed by atoms with Crippen molar-refractivity contribution in [1.29, 1.82) is 0 Å². The maximum absolute atomic E-state index is 11.8. The van der Waals surface area contributed by atoms with E-state index in [-0.39, 0.29) is 11.9 Å². The molecule has 0 radical (unpaired) electrons. The second kappa shape index (κ2) is 5.46. The summed E-state index contributed by atoms with van der Waals surface area (Å²) in [5, 5.41) is 0.683. The molecule has 1 aliphatic rings. The summed E-state index contributed by atoms with van der Waals surface area (Å²) < 4.78 is 5.44. The van der Waals surface area contributed by atoms with E-state index >= 15 is 0 Å². The molecule has 0 aliphatic carbocycles. The van der Waals surface area contributed by atoms with E-state index in [1.165, 1.54) is 0 Å². The summed E-state index contributed by atoms with van der Waals surface area (Å²) in [4.78, 5) is 11.8. The maximum atomic E-state index is 11.8. The van der Waals surface area contributed by atoms with Crippen LogP contribution in [0, 0.1) is 0 Å². The van der Waals surface area contributed by atoms with E-state index in [9.17, 15) is 4.79 Å². The number of ketones is 1. The van der Waals surface area contributed by atoms with Gasteiger partial charge in [0.2, 0.25) is 0 Å². The van der Waals surface area contributed by atoms with Gasteiger partial charge in [0.05, 0.1) is 6.10 Å². The summed E-state index contributed by atoms with van der Waals surface area (Å²) in [6.45, 7) is 0.801. The van der Waals surface area contributed by atoms with Crippen LogP contribution in [0.3, 0.4) is 0 Å². The topological polar surface area (TPSA) is 26.3 Å². The number of ether oxygens (including phenoxy) is 1. The fourth-order valence-electron chi connectivity index (χ4n) is 2.01. The van der Waals surface area contributed by atoms with Gasteiger partial charge in [-0.2, -0.15) is 0 Å². The Kier molecular flexibility index (Phi) is 3.97. The highest BCUT2D eigenvalue weighted by atomic mass is 35.5. The molecule has 0 saturated carbocycles. The van der Waals surface area contributed by atoms with Gasteiger partial charge in [-0.3, -0.25) is 4.79 Å². The monoisotopic (exact) mass is 238 g/mol. The molecule has 86 valence electrons. The highest BCUT2D eigenvalue weighted by Gasteiger charge is 2.18. The Morgan fingerprint density at radius 2 is 2.38 bits per heavy atom. The minimum Gasteiger partial charge on any atom is -0.378 e. The van der Waals surface area contributed by atoms with Crippen molar-refractivity contribution in [3.05, 3.63) is 34.9 Å². The Bertz CT molecular complexity index is 370. The van der Waals surface area contributed by atoms with Gasteiger partial charge in [-0.1, -0.05) is 23.7 Å². The quantitative estimate of drug-likeness (QED) is 0.806. The number of benzene rings is 1. The van der Waals surface area contributed by atoms with Gasteiger partial charge in [0.1, 0.15) is 5.78 Å². The van der Waals surface area contributed by atoms with E-state index in [1.807, 2.05) is 24.3 Å². The van der Waals surface area contributed by atoms with Gasteiger partial charge in [0, 0.05) is 24.5 Å². The van der Waals surface area contributed by atoms with E-state index < -0.39 is 0 Å². The van der Waals surface area contributed by atoms with Crippen molar-refractivity contribution in [3.63, 3.8) is 0 Å². The van der Waals surface area contributed by atoms with E-state index in [4.69, 9.17) is 16.3 Å². The number of halogens is 1. The summed E-state index contributed by atoms with van der Waals surface area (Å²) in [6.07, 6.45) is 3.23. The normalized spacial score (nSPS) is 19.9. The van der Waals surface area contributed by atoms with E-state index in [1.54, 1.807) is 0 Å². The first-order chi connectivity index (χ1) is 7.74. The van der Waals surface area contributed by atoms with Crippen LogP contribution < -0.4 is 0 Å². The Labute approximate surface area is 101 Å². The number of carbonyl (C=O) groups excluding carboxylic acids is 1. The van der Waals surface area contributed by atoms with Gasteiger partial charge in [0.15, 0.2) is 0 Å². The molecule has 2 nitrogen and oxygen atoms in total. The lowest BCUT2D eigenvalue weighted by Crippen LogP contribution is -2.14. The van der Waals surface area contributed by atoms with Crippen LogP contribution in [-0.2, 0) is 16.0 Å². The standard InChI is InChI=1S/C13H15ClO2/c14-11-4-1-3-10(7-11)8-12(15)9-13-5-2-6-16-13/h1,3-4,7,13H,2,5-6,8-9H2. The third-order valence-corrected chi connectivity index (χ3v) is 3.00. The minimum absolute atomic E-state index is 0.145. The fourth-order valence-corrected chi connectivity index (χ4v) is 2.22. The lowest BCUT2D eigenvalue weighted by molar-refractivity contribution is -0.120. The average molecular weight is 239 g/mol. The second-order valence-electron chi connectivity index (χ2n) is 4.18. The highest BCUT2D eigenvalue weighted by Crippen LogP contribution is 2.17. The first-order valence-corrected chi connectivity index (χ1v) is 5.99. The number of rotatable bonds is 4. The molecule has 1 fully saturated rings. The molecule has 1 heterocycles. The lowest BCUT2D eigenvalue weighted by atomic mass is 10.0. The highest BCUT2D eigenvalue weighted by molar-refractivity contribution is 6.30. The minimum atomic E-state index is 0.145. The predicted molar refractivity (Wildman–Crippen MR) is 63.8 cm³/mol. The van der Waals surface area contributed by atoms with Gasteiger partial charge in [-0.15, -0.1) is 0 Å². The van der Waals surface area contributed by atoms with Gasteiger partial charge < -0.3 is 4.74 Å². The van der Waals surface area contributed by atoms with E-state index in [0.29, 0.717) is 17.9 Å². The van der Waals surface area contributed by atoms with Crippen molar-refractivity contribution in [2.75, 3.05) is 6.61 Å². The first-order valence-electron chi connectivity index (χ1n) is 5.62. The zero-order valence-electron chi connectivity index (χ0n) is 9.12. The smallest absolute Gasteiger partial charge is 0.139 e. The SMILES string of the molecule is O=C(Cc1cccc(Cl)c1)CC1CCCO1. The molecule has 1 saturated heterocycles. The van der Waals surface area contributed by atoms with Crippen LogP contribution >= 0.6 is 11.6 Å². The van der Waals surface area contributed by atoms with Gasteiger partial charge in [-0.05, 0) is 30.5 Å². The Balaban J connectivity index is 1.86. The van der Waals surface area contributed by atoms with Crippen molar-refractivity contribution >= 4 is 17.4 Å². The van der Waals surface area contributed by atoms with Crippen LogP contribution in [-0.4, -0.2) is 18.5 Å². The molecule has 0 aromatic heterocycles. The summed E-state index contributed by atoms with van der Waals surface area (Å²) >= 11 is 5.86. The molecule has 1 aromatic carbocycles. The molecule has 1 atom stereocenters. The summed E-state index contributed by atoms with van der Waals surface area (Å²) in [5.74, 6) is 0.231. The Hall–Kier alpha value is -0.860. The third kappa shape index (κ3) is 3.32. The van der Waals surface area contributed by atoms with Crippen molar-refractivity contribution in [2.24, 2.45) is 0 Å². The van der Waals surface area contributed by atoms with E-state index in [2.05, 4.69) is 0 Å². The first kappa shape index (κ1) is 11.6. The molecule has 0 spiro atoms. The second-order valence-corrected chi connectivity index (χ2v) is 4.62. The summed E-state index contributed by atoms with van der Waals surface area (Å²) in [5.41, 5.74) is 0.982. The average Bonchev–Trinajstić information content (AvgIpc) is 2.70. The summed E-state index contributed by atoms with van der Waals surface area (Å²) in [6, 6.07) is 7.46. The number of hydrogen-bond acceptors (Lipinski definition) is 2. The fraction of sp³-hybridized carbons (Fsp3) is 0.462. The van der Waals surface area contributed by atoms with Gasteiger partial charge in [0.25, 0.3) is 0 Å². The van der Waals surface area contributed by atoms with Crippen LogP contribution in [0.25, 0.3) is 0 Å². The molecule has 1 unspecified atom stereocenters. The van der Waals surface area contributed by atoms with Crippen molar-refractivity contribution in [2.45, 2.75) is 31.8 Å². The summed E-state index contributed by atoms with van der Waals surface area (Å²) in [7, 11) is 0. The number of carbonyl (C=O) groups is 1. The molecule has 0 N–H and O–H groups in total. The zero-order chi connectivity index (χ0) is 11.4. The molecule has 16 heavy (non-hydrogen) atoms. The molecule has 0 bridgehead atoms. The largest absolute Gasteiger partial charge is 0.378 e. The van der Waals surface area contributed by atoms with Crippen LogP contribution in [0.4, 0.5) is 0 Å². The van der Waals surface area contributed by atoms with Crippen LogP contribution in [0.15, 0.2) is 24.3 Å². The van der Waals surface area contributed by atoms with Gasteiger partial charge >= 0.3 is 0 Å². The van der Waals surface area contributed by atoms with E-state index in [0.717, 1.165) is 25.0 Å². The third-order valence-electron chi connectivity index (χ3n) is 2.77. The Morgan fingerprint density at radius 3 is 3.06 bits per heavy atom. The zero-order valence-corrected chi connectivity index (χ0v) is 9.87. The predicted octanol–water partition coefficient (Wildman–Crippen LogP) is 3.02. The lowest BCUT2D eigenvalue weighted by Gasteiger charge is -2.08. The van der Waals surface area contributed by atoms with Gasteiger partial charge in [-0.25, -0.2) is 0 Å². The number of Topliss-reactive ketones (excluding diaryl/α,β-unsaturated/α-hetero) is 1. The Morgan fingerprint density at radius 1 is 1.50 bits per heavy atom. The molecular formula is C13H15ClO2. The number of hydrogen-bond donors (Lipinski definition) is 0. The van der Waals surface area contributed by atoms with Crippen molar-refractivity contribution in [3.8, 4) is 0 Å². The van der Waals surface area contributed by atoms with Crippen LogP contribution in [0.2, 0.25) is 5.02 Å². The molecule has 0 amide bonds. The molecule has 1 aromatic rings. The molecular weight excluding hydrogens is 224 g/mol. The molecule has 1 aliphatic heterocycles. The van der Waals surface area contributed by atoms with Crippen molar-refractivity contribution in [1.82, 2.24) is 0 Å². The van der Waals surface area contributed by atoms with Crippen LogP contribution in [0.5, 0.6) is 0 Å². The maximum Gasteiger partial charge on any atom is 0.139 e. The molecule has 3 heteroatoms. The molecule has 2 rings (SSSR count).